The van der Waals surface area contributed by atoms with Gasteiger partial charge in [0.15, 0.2) is 5.13 Å². The first-order valence-corrected chi connectivity index (χ1v) is 9.94. The van der Waals surface area contributed by atoms with Crippen LogP contribution in [0.15, 0.2) is 66.7 Å². The normalized spacial score (nSPS) is 10.9. The topological polar surface area (TPSA) is 42.4 Å². The molecule has 0 fully saturated rings. The van der Waals surface area contributed by atoms with E-state index in [4.69, 9.17) is 4.74 Å². The predicted molar refractivity (Wildman–Crippen MR) is 115 cm³/mol. The molecule has 0 aliphatic carbocycles. The number of aromatic nitrogens is 1. The average molecular weight is 406 g/mol. The maximum absolute atomic E-state index is 14.3. The zero-order chi connectivity index (χ0) is 20.4. The lowest BCUT2D eigenvalue weighted by molar-refractivity contribution is -0.117. The lowest BCUT2D eigenvalue weighted by Gasteiger charge is -2.20. The first kappa shape index (κ1) is 19.1. The Kier molecular flexibility index (Phi) is 5.27. The van der Waals surface area contributed by atoms with Crippen LogP contribution < -0.4 is 9.64 Å². The fraction of sp³-hybridized carbons (Fsp3) is 0.130. The number of hydrogen-bond donors (Lipinski definition) is 0. The molecule has 4 rings (SSSR count). The van der Waals surface area contributed by atoms with Gasteiger partial charge in [-0.3, -0.25) is 9.69 Å². The van der Waals surface area contributed by atoms with Gasteiger partial charge in [-0.25, -0.2) is 9.37 Å². The highest BCUT2D eigenvalue weighted by Crippen LogP contribution is 2.34. The molecule has 1 heterocycles. The third-order valence-corrected chi connectivity index (χ3v) is 5.67. The molecule has 0 saturated heterocycles. The van der Waals surface area contributed by atoms with E-state index in [9.17, 15) is 9.18 Å². The Hall–Kier alpha value is -3.25. The van der Waals surface area contributed by atoms with Crippen molar-refractivity contribution in [1.29, 1.82) is 0 Å². The molecule has 146 valence electrons. The summed E-state index contributed by atoms with van der Waals surface area (Å²) in [5.74, 6) is 0.188. The number of para-hydroxylation sites is 1. The van der Waals surface area contributed by atoms with Crippen LogP contribution in [-0.2, 0) is 11.2 Å². The standard InChI is InChI=1S/C23H19FN2O2S/c1-15-7-10-17(14-19(15)24)26(23-25-20-5-3-4-6-21(20)29-23)22(27)13-16-8-11-18(28-2)12-9-16/h3-12,14H,13H2,1-2H3. The molecule has 4 nitrogen and oxygen atoms in total. The van der Waals surface area contributed by atoms with Crippen molar-refractivity contribution >= 4 is 38.3 Å². The number of rotatable bonds is 5. The van der Waals surface area contributed by atoms with Crippen LogP contribution >= 0.6 is 11.3 Å². The monoisotopic (exact) mass is 406 g/mol. The molecule has 0 spiro atoms. The highest BCUT2D eigenvalue weighted by molar-refractivity contribution is 7.22. The van der Waals surface area contributed by atoms with Gasteiger partial charge in [-0.2, -0.15) is 0 Å². The van der Waals surface area contributed by atoms with Crippen LogP contribution in [-0.4, -0.2) is 18.0 Å². The number of anilines is 2. The summed E-state index contributed by atoms with van der Waals surface area (Å²) in [7, 11) is 1.60. The van der Waals surface area contributed by atoms with E-state index < -0.39 is 0 Å². The van der Waals surface area contributed by atoms with Crippen LogP contribution in [0, 0.1) is 12.7 Å². The number of nitrogens with zero attached hydrogens (tertiary/aromatic N) is 2. The summed E-state index contributed by atoms with van der Waals surface area (Å²) >= 11 is 1.41. The lowest BCUT2D eigenvalue weighted by Crippen LogP contribution is -2.27. The number of hydrogen-bond acceptors (Lipinski definition) is 4. The molecule has 0 aliphatic heterocycles. The number of thiazole rings is 1. The van der Waals surface area contributed by atoms with Gasteiger partial charge in [0.25, 0.3) is 0 Å². The van der Waals surface area contributed by atoms with E-state index in [0.717, 1.165) is 21.5 Å². The Labute approximate surface area is 172 Å². The summed E-state index contributed by atoms with van der Waals surface area (Å²) in [4.78, 5) is 19.4. The molecule has 0 aliphatic rings. The number of benzene rings is 3. The van der Waals surface area contributed by atoms with E-state index >= 15 is 0 Å². The van der Waals surface area contributed by atoms with Gasteiger partial charge < -0.3 is 4.74 Å². The van der Waals surface area contributed by atoms with Crippen molar-refractivity contribution < 1.29 is 13.9 Å². The number of amides is 1. The maximum atomic E-state index is 14.3. The first-order chi connectivity index (χ1) is 14.0. The van der Waals surface area contributed by atoms with Gasteiger partial charge in [0.05, 0.1) is 29.4 Å². The molecule has 0 unspecified atom stereocenters. The number of methoxy groups -OCH3 is 1. The molecular formula is C23H19FN2O2S. The SMILES string of the molecule is COc1ccc(CC(=O)N(c2ccc(C)c(F)c2)c2nc3ccccc3s2)cc1. The molecule has 1 aromatic heterocycles. The van der Waals surface area contributed by atoms with Gasteiger partial charge in [-0.15, -0.1) is 0 Å². The van der Waals surface area contributed by atoms with Crippen molar-refractivity contribution in [2.45, 2.75) is 13.3 Å². The molecule has 0 bridgehead atoms. The number of halogens is 1. The van der Waals surface area contributed by atoms with Crippen LogP contribution in [0.2, 0.25) is 0 Å². The molecular weight excluding hydrogens is 387 g/mol. The van der Waals surface area contributed by atoms with Crippen LogP contribution in [0.1, 0.15) is 11.1 Å². The number of aryl methyl sites for hydroxylation is 1. The molecule has 29 heavy (non-hydrogen) atoms. The number of carbonyl (C=O) groups is 1. The lowest BCUT2D eigenvalue weighted by atomic mass is 10.1. The second-order valence-corrected chi connectivity index (χ2v) is 7.66. The smallest absolute Gasteiger partial charge is 0.237 e. The van der Waals surface area contributed by atoms with Crippen molar-refractivity contribution in [1.82, 2.24) is 4.98 Å². The van der Waals surface area contributed by atoms with E-state index in [0.29, 0.717) is 16.4 Å². The molecule has 1 amide bonds. The summed E-state index contributed by atoms with van der Waals surface area (Å²) < 4.78 is 20.4. The average Bonchev–Trinajstić information content (AvgIpc) is 3.15. The number of carbonyl (C=O) groups excluding carboxylic acids is 1. The fourth-order valence-corrected chi connectivity index (χ4v) is 4.04. The minimum Gasteiger partial charge on any atom is -0.497 e. The highest BCUT2D eigenvalue weighted by Gasteiger charge is 2.23. The Balaban J connectivity index is 1.74. The second kappa shape index (κ2) is 8.01. The van der Waals surface area contributed by atoms with Crippen molar-refractivity contribution in [2.24, 2.45) is 0 Å². The van der Waals surface area contributed by atoms with E-state index in [1.165, 1.54) is 22.3 Å². The molecule has 0 N–H and O–H groups in total. The van der Waals surface area contributed by atoms with Crippen molar-refractivity contribution in [3.05, 3.63) is 83.7 Å². The molecule has 6 heteroatoms. The summed E-state index contributed by atoms with van der Waals surface area (Å²) in [6, 6.07) is 19.8. The van der Waals surface area contributed by atoms with Gasteiger partial charge in [-0.1, -0.05) is 41.7 Å². The van der Waals surface area contributed by atoms with Crippen LogP contribution in [0.4, 0.5) is 15.2 Å². The zero-order valence-corrected chi connectivity index (χ0v) is 16.9. The van der Waals surface area contributed by atoms with E-state index in [2.05, 4.69) is 4.98 Å². The third kappa shape index (κ3) is 3.98. The molecule has 0 atom stereocenters. The highest BCUT2D eigenvalue weighted by atomic mass is 32.1. The minimum atomic E-state index is -0.356. The Morgan fingerprint density at radius 2 is 1.86 bits per heavy atom. The van der Waals surface area contributed by atoms with Crippen LogP contribution in [0.3, 0.4) is 0 Å². The third-order valence-electron chi connectivity index (χ3n) is 4.65. The molecule has 3 aromatic carbocycles. The summed E-state index contributed by atoms with van der Waals surface area (Å²) in [5.41, 5.74) is 2.64. The van der Waals surface area contributed by atoms with E-state index in [1.807, 2.05) is 48.5 Å². The van der Waals surface area contributed by atoms with Crippen molar-refractivity contribution in [3.63, 3.8) is 0 Å². The molecule has 4 aromatic rings. The Morgan fingerprint density at radius 1 is 1.10 bits per heavy atom. The summed E-state index contributed by atoms with van der Waals surface area (Å²) in [6.07, 6.45) is 0.162. The van der Waals surface area contributed by atoms with Crippen molar-refractivity contribution in [3.8, 4) is 5.75 Å². The number of ether oxygens (including phenoxy) is 1. The van der Waals surface area contributed by atoms with Gasteiger partial charge in [0.2, 0.25) is 5.91 Å². The molecule has 0 saturated carbocycles. The maximum Gasteiger partial charge on any atom is 0.237 e. The Bertz CT molecular complexity index is 1140. The van der Waals surface area contributed by atoms with Gasteiger partial charge in [0, 0.05) is 0 Å². The largest absolute Gasteiger partial charge is 0.497 e. The van der Waals surface area contributed by atoms with Gasteiger partial charge >= 0.3 is 0 Å². The van der Waals surface area contributed by atoms with E-state index in [1.54, 1.807) is 26.2 Å². The van der Waals surface area contributed by atoms with Crippen molar-refractivity contribution in [2.75, 3.05) is 12.0 Å². The summed E-state index contributed by atoms with van der Waals surface area (Å²) in [5, 5.41) is 0.521. The summed E-state index contributed by atoms with van der Waals surface area (Å²) in [6.45, 7) is 1.69. The van der Waals surface area contributed by atoms with Gasteiger partial charge in [0.1, 0.15) is 11.6 Å². The van der Waals surface area contributed by atoms with Gasteiger partial charge in [-0.05, 0) is 54.4 Å². The van der Waals surface area contributed by atoms with Crippen LogP contribution in [0.25, 0.3) is 10.2 Å². The predicted octanol–water partition coefficient (Wildman–Crippen LogP) is 5.66. The number of fused-ring (bicyclic) bond motifs is 1. The second-order valence-electron chi connectivity index (χ2n) is 6.65. The quantitative estimate of drug-likeness (QED) is 0.429. The van der Waals surface area contributed by atoms with E-state index in [-0.39, 0.29) is 18.1 Å². The first-order valence-electron chi connectivity index (χ1n) is 9.13. The molecule has 0 radical (unpaired) electrons. The van der Waals surface area contributed by atoms with Crippen LogP contribution in [0.5, 0.6) is 5.75 Å². The Morgan fingerprint density at radius 3 is 2.55 bits per heavy atom. The fourth-order valence-electron chi connectivity index (χ4n) is 3.03. The minimum absolute atomic E-state index is 0.162. The zero-order valence-electron chi connectivity index (χ0n) is 16.1.